The number of alkyl halides is 3. The van der Waals surface area contributed by atoms with Gasteiger partial charge in [-0.15, -0.1) is 0 Å². The van der Waals surface area contributed by atoms with Gasteiger partial charge in [-0.25, -0.2) is 4.79 Å². The highest BCUT2D eigenvalue weighted by atomic mass is 19.4. The van der Waals surface area contributed by atoms with Crippen LogP contribution in [0.2, 0.25) is 0 Å². The summed E-state index contributed by atoms with van der Waals surface area (Å²) >= 11 is 0. The molecular formula is C15H14F3NO4. The molecule has 1 fully saturated rings. The van der Waals surface area contributed by atoms with Gasteiger partial charge in [0.15, 0.2) is 6.10 Å². The molecule has 0 spiro atoms. The van der Waals surface area contributed by atoms with Gasteiger partial charge < -0.3 is 14.7 Å². The highest BCUT2D eigenvalue weighted by Crippen LogP contribution is 2.29. The molecule has 1 heterocycles. The van der Waals surface area contributed by atoms with Gasteiger partial charge in [-0.1, -0.05) is 12.1 Å². The zero-order valence-corrected chi connectivity index (χ0v) is 11.9. The SMILES string of the molecule is O=C(O)C1CN(C(=O)/C=C/c2cccc(C(F)(F)F)c2)CCO1. The number of carbonyl (C=O) groups is 2. The molecule has 1 aromatic rings. The summed E-state index contributed by atoms with van der Waals surface area (Å²) in [5, 5.41) is 8.86. The predicted molar refractivity (Wildman–Crippen MR) is 74.4 cm³/mol. The summed E-state index contributed by atoms with van der Waals surface area (Å²) in [6.07, 6.45) is -3.15. The molecule has 23 heavy (non-hydrogen) atoms. The largest absolute Gasteiger partial charge is 0.479 e. The van der Waals surface area contributed by atoms with Crippen LogP contribution in [0.25, 0.3) is 6.08 Å². The van der Waals surface area contributed by atoms with Crippen LogP contribution in [0.3, 0.4) is 0 Å². The lowest BCUT2D eigenvalue weighted by Crippen LogP contribution is -2.48. The minimum Gasteiger partial charge on any atom is -0.479 e. The maximum Gasteiger partial charge on any atom is 0.416 e. The molecule has 1 aliphatic rings. The Labute approximate surface area is 130 Å². The second kappa shape index (κ2) is 6.82. The van der Waals surface area contributed by atoms with E-state index in [-0.39, 0.29) is 25.3 Å². The second-order valence-electron chi connectivity index (χ2n) is 4.94. The lowest BCUT2D eigenvalue weighted by Gasteiger charge is -2.30. The molecule has 124 valence electrons. The topological polar surface area (TPSA) is 66.8 Å². The van der Waals surface area contributed by atoms with Crippen molar-refractivity contribution in [1.82, 2.24) is 4.90 Å². The van der Waals surface area contributed by atoms with Crippen molar-refractivity contribution in [2.75, 3.05) is 19.7 Å². The van der Waals surface area contributed by atoms with Gasteiger partial charge in [0.2, 0.25) is 5.91 Å². The number of carbonyl (C=O) groups excluding carboxylic acids is 1. The Balaban J connectivity index is 2.05. The zero-order chi connectivity index (χ0) is 17.0. The average Bonchev–Trinajstić information content (AvgIpc) is 2.52. The number of ether oxygens (including phenoxy) is 1. The first-order chi connectivity index (χ1) is 10.8. The lowest BCUT2D eigenvalue weighted by molar-refractivity contribution is -0.158. The summed E-state index contributed by atoms with van der Waals surface area (Å²) in [4.78, 5) is 24.1. The fourth-order valence-electron chi connectivity index (χ4n) is 2.09. The van der Waals surface area contributed by atoms with Crippen LogP contribution in [-0.4, -0.2) is 47.7 Å². The number of nitrogens with zero attached hydrogens (tertiary/aromatic N) is 1. The zero-order valence-electron chi connectivity index (χ0n) is 11.9. The van der Waals surface area contributed by atoms with E-state index in [9.17, 15) is 22.8 Å². The molecule has 5 nitrogen and oxygen atoms in total. The van der Waals surface area contributed by atoms with Gasteiger partial charge in [0, 0.05) is 12.6 Å². The molecule has 2 rings (SSSR count). The van der Waals surface area contributed by atoms with Gasteiger partial charge in [-0.3, -0.25) is 4.79 Å². The molecule has 0 aromatic heterocycles. The molecule has 0 aliphatic carbocycles. The maximum atomic E-state index is 12.6. The standard InChI is InChI=1S/C15H14F3NO4/c16-15(17,18)11-3-1-2-10(8-11)4-5-13(20)19-6-7-23-12(9-19)14(21)22/h1-5,8,12H,6-7,9H2,(H,21,22)/b5-4+. The third-order valence-corrected chi connectivity index (χ3v) is 3.29. The van der Waals surface area contributed by atoms with E-state index in [1.54, 1.807) is 0 Å². The van der Waals surface area contributed by atoms with Gasteiger partial charge >= 0.3 is 12.1 Å². The van der Waals surface area contributed by atoms with Crippen molar-refractivity contribution in [3.63, 3.8) is 0 Å². The molecule has 1 saturated heterocycles. The highest BCUT2D eigenvalue weighted by Gasteiger charge is 2.30. The Kier molecular flexibility index (Phi) is 5.05. The van der Waals surface area contributed by atoms with Gasteiger partial charge in [0.1, 0.15) is 0 Å². The number of rotatable bonds is 3. The fourth-order valence-corrected chi connectivity index (χ4v) is 2.09. The van der Waals surface area contributed by atoms with Gasteiger partial charge in [-0.05, 0) is 23.8 Å². The van der Waals surface area contributed by atoms with E-state index >= 15 is 0 Å². The van der Waals surface area contributed by atoms with Crippen molar-refractivity contribution < 1.29 is 32.6 Å². The van der Waals surface area contributed by atoms with Crippen molar-refractivity contribution in [2.24, 2.45) is 0 Å². The molecule has 1 aliphatic heterocycles. The average molecular weight is 329 g/mol. The Morgan fingerprint density at radius 1 is 1.35 bits per heavy atom. The van der Waals surface area contributed by atoms with Crippen LogP contribution in [0.5, 0.6) is 0 Å². The Hall–Kier alpha value is -2.35. The molecule has 1 amide bonds. The normalized spacial score (nSPS) is 19.1. The summed E-state index contributed by atoms with van der Waals surface area (Å²) in [7, 11) is 0. The molecular weight excluding hydrogens is 315 g/mol. The van der Waals surface area contributed by atoms with Crippen LogP contribution >= 0.6 is 0 Å². The molecule has 0 bridgehead atoms. The summed E-state index contributed by atoms with van der Waals surface area (Å²) in [5.74, 6) is -1.64. The Morgan fingerprint density at radius 2 is 2.09 bits per heavy atom. The van der Waals surface area contributed by atoms with Crippen LogP contribution in [0, 0.1) is 0 Å². The first-order valence-electron chi connectivity index (χ1n) is 6.76. The molecule has 1 unspecified atom stereocenters. The number of carboxylic acid groups (broad SMARTS) is 1. The van der Waals surface area contributed by atoms with Crippen LogP contribution in [0.15, 0.2) is 30.3 Å². The van der Waals surface area contributed by atoms with Crippen LogP contribution in [0.4, 0.5) is 13.2 Å². The first-order valence-corrected chi connectivity index (χ1v) is 6.76. The smallest absolute Gasteiger partial charge is 0.416 e. The van der Waals surface area contributed by atoms with E-state index in [0.717, 1.165) is 18.2 Å². The molecule has 0 radical (unpaired) electrons. The van der Waals surface area contributed by atoms with E-state index in [2.05, 4.69) is 0 Å². The molecule has 1 atom stereocenters. The quantitative estimate of drug-likeness (QED) is 0.862. The van der Waals surface area contributed by atoms with E-state index in [0.29, 0.717) is 0 Å². The van der Waals surface area contributed by atoms with Crippen LogP contribution in [-0.2, 0) is 20.5 Å². The Bertz CT molecular complexity index is 627. The van der Waals surface area contributed by atoms with Crippen molar-refractivity contribution in [1.29, 1.82) is 0 Å². The second-order valence-corrected chi connectivity index (χ2v) is 4.94. The number of amides is 1. The van der Waals surface area contributed by atoms with E-state index in [1.165, 1.54) is 23.1 Å². The fraction of sp³-hybridized carbons (Fsp3) is 0.333. The van der Waals surface area contributed by atoms with Crippen LogP contribution in [0.1, 0.15) is 11.1 Å². The van der Waals surface area contributed by atoms with E-state index < -0.39 is 29.7 Å². The molecule has 1 N–H and O–H groups in total. The summed E-state index contributed by atoms with van der Waals surface area (Å²) in [5.41, 5.74) is -0.569. The monoisotopic (exact) mass is 329 g/mol. The number of halogens is 3. The van der Waals surface area contributed by atoms with Gasteiger partial charge in [0.05, 0.1) is 18.7 Å². The summed E-state index contributed by atoms with van der Waals surface area (Å²) in [6, 6.07) is 4.57. The van der Waals surface area contributed by atoms with Crippen molar-refractivity contribution in [2.45, 2.75) is 12.3 Å². The highest BCUT2D eigenvalue weighted by molar-refractivity contribution is 5.92. The molecule has 0 saturated carbocycles. The van der Waals surface area contributed by atoms with Crippen molar-refractivity contribution in [3.8, 4) is 0 Å². The minimum absolute atomic E-state index is 0.0961. The van der Waals surface area contributed by atoms with Gasteiger partial charge in [-0.2, -0.15) is 13.2 Å². The van der Waals surface area contributed by atoms with E-state index in [4.69, 9.17) is 9.84 Å². The number of carboxylic acids is 1. The Morgan fingerprint density at radius 3 is 2.74 bits per heavy atom. The third kappa shape index (κ3) is 4.56. The van der Waals surface area contributed by atoms with Crippen LogP contribution < -0.4 is 0 Å². The van der Waals surface area contributed by atoms with Crippen molar-refractivity contribution >= 4 is 18.0 Å². The number of hydrogen-bond acceptors (Lipinski definition) is 3. The molecule has 8 heteroatoms. The maximum absolute atomic E-state index is 12.6. The number of hydrogen-bond donors (Lipinski definition) is 1. The lowest BCUT2D eigenvalue weighted by atomic mass is 10.1. The number of aliphatic carboxylic acids is 1. The summed E-state index contributed by atoms with van der Waals surface area (Å²) < 4.78 is 42.8. The van der Waals surface area contributed by atoms with Gasteiger partial charge in [0.25, 0.3) is 0 Å². The molecule has 1 aromatic carbocycles. The van der Waals surface area contributed by atoms with Crippen molar-refractivity contribution in [3.05, 3.63) is 41.5 Å². The number of morpholine rings is 1. The summed E-state index contributed by atoms with van der Waals surface area (Å²) in [6.45, 7) is 0.233. The third-order valence-electron chi connectivity index (χ3n) is 3.29. The minimum atomic E-state index is -4.45. The first kappa shape index (κ1) is 17.0. The number of benzene rings is 1. The van der Waals surface area contributed by atoms with E-state index in [1.807, 2.05) is 0 Å². The predicted octanol–water partition coefficient (Wildman–Crippen LogP) is 2.03.